The van der Waals surface area contributed by atoms with Gasteiger partial charge in [-0.1, -0.05) is 12.1 Å². The molecule has 0 atom stereocenters. The van der Waals surface area contributed by atoms with Crippen molar-refractivity contribution in [3.63, 3.8) is 0 Å². The van der Waals surface area contributed by atoms with E-state index in [0.717, 1.165) is 16.9 Å². The summed E-state index contributed by atoms with van der Waals surface area (Å²) in [6.45, 7) is 2.46. The van der Waals surface area contributed by atoms with E-state index in [1.165, 1.54) is 0 Å². The normalized spacial score (nSPS) is 10.0. The van der Waals surface area contributed by atoms with Crippen molar-refractivity contribution in [3.05, 3.63) is 59.4 Å². The van der Waals surface area contributed by atoms with Gasteiger partial charge < -0.3 is 10.1 Å². The van der Waals surface area contributed by atoms with Gasteiger partial charge in [0.15, 0.2) is 0 Å². The van der Waals surface area contributed by atoms with E-state index in [2.05, 4.69) is 10.3 Å². The summed E-state index contributed by atoms with van der Waals surface area (Å²) < 4.78 is 5.20. The van der Waals surface area contributed by atoms with Crippen LogP contribution in [0.3, 0.4) is 0 Å². The van der Waals surface area contributed by atoms with Gasteiger partial charge >= 0.3 is 0 Å². The molecule has 1 aromatic heterocycles. The van der Waals surface area contributed by atoms with Crippen LogP contribution in [-0.2, 0) is 6.54 Å². The van der Waals surface area contributed by atoms with Crippen LogP contribution in [0, 0.1) is 6.92 Å². The van der Waals surface area contributed by atoms with E-state index in [1.807, 2.05) is 25.1 Å². The minimum absolute atomic E-state index is 0.124. The number of carbonyl (C=O) groups excluding carboxylic acids is 1. The summed E-state index contributed by atoms with van der Waals surface area (Å²) in [4.78, 5) is 15.8. The Morgan fingerprint density at radius 2 is 2.21 bits per heavy atom. The highest BCUT2D eigenvalue weighted by molar-refractivity contribution is 5.93. The Kier molecular flexibility index (Phi) is 4.13. The van der Waals surface area contributed by atoms with E-state index in [1.54, 1.807) is 31.6 Å². The zero-order valence-electron chi connectivity index (χ0n) is 11.0. The average molecular weight is 256 g/mol. The summed E-state index contributed by atoms with van der Waals surface area (Å²) in [6.07, 6.45) is 3.19. The number of methoxy groups -OCH3 is 1. The van der Waals surface area contributed by atoms with E-state index >= 15 is 0 Å². The number of nitrogens with zero attached hydrogens (tertiary/aromatic N) is 1. The third-order valence-corrected chi connectivity index (χ3v) is 2.84. The highest BCUT2D eigenvalue weighted by atomic mass is 16.5. The lowest BCUT2D eigenvalue weighted by molar-refractivity contribution is 0.0950. The molecule has 2 aromatic rings. The van der Waals surface area contributed by atoms with Gasteiger partial charge in [0.25, 0.3) is 5.91 Å². The van der Waals surface area contributed by atoms with Crippen LogP contribution in [0.25, 0.3) is 0 Å². The lowest BCUT2D eigenvalue weighted by Gasteiger charge is -2.08. The molecule has 0 fully saturated rings. The van der Waals surface area contributed by atoms with Gasteiger partial charge in [-0.25, -0.2) is 0 Å². The number of hydrogen-bond donors (Lipinski definition) is 1. The number of rotatable bonds is 4. The van der Waals surface area contributed by atoms with Crippen LogP contribution in [0.15, 0.2) is 42.7 Å². The topological polar surface area (TPSA) is 51.2 Å². The van der Waals surface area contributed by atoms with Crippen LogP contribution in [0.2, 0.25) is 0 Å². The Morgan fingerprint density at radius 3 is 2.84 bits per heavy atom. The van der Waals surface area contributed by atoms with Gasteiger partial charge in [0.05, 0.1) is 12.7 Å². The molecule has 0 aliphatic rings. The Bertz CT molecular complexity index is 568. The minimum atomic E-state index is -0.124. The van der Waals surface area contributed by atoms with Crippen LogP contribution < -0.4 is 10.1 Å². The minimum Gasteiger partial charge on any atom is -0.496 e. The third kappa shape index (κ3) is 3.31. The molecule has 0 aliphatic carbocycles. The quantitative estimate of drug-likeness (QED) is 0.913. The number of nitrogens with one attached hydrogen (secondary N) is 1. The predicted molar refractivity (Wildman–Crippen MR) is 73.1 cm³/mol. The fraction of sp³-hybridized carbons (Fsp3) is 0.200. The SMILES string of the molecule is COc1ccc(CNC(=O)c2cccnc2)cc1C. The van der Waals surface area contributed by atoms with Crippen molar-refractivity contribution >= 4 is 5.91 Å². The summed E-state index contributed by atoms with van der Waals surface area (Å²) in [5.41, 5.74) is 2.65. The highest BCUT2D eigenvalue weighted by Crippen LogP contribution is 2.18. The van der Waals surface area contributed by atoms with Crippen LogP contribution >= 0.6 is 0 Å². The number of benzene rings is 1. The number of ether oxygens (including phenoxy) is 1. The summed E-state index contributed by atoms with van der Waals surface area (Å²) in [6, 6.07) is 9.33. The van der Waals surface area contributed by atoms with E-state index < -0.39 is 0 Å². The molecule has 0 aliphatic heterocycles. The van der Waals surface area contributed by atoms with Crippen LogP contribution in [0.4, 0.5) is 0 Å². The molecule has 2 rings (SSSR count). The largest absolute Gasteiger partial charge is 0.496 e. The summed E-state index contributed by atoms with van der Waals surface area (Å²) in [7, 11) is 1.65. The van der Waals surface area contributed by atoms with E-state index in [0.29, 0.717) is 12.1 Å². The molecule has 4 heteroatoms. The molecule has 0 saturated heterocycles. The van der Waals surface area contributed by atoms with Gasteiger partial charge in [0.1, 0.15) is 5.75 Å². The summed E-state index contributed by atoms with van der Waals surface area (Å²) in [5.74, 6) is 0.726. The van der Waals surface area contributed by atoms with Gasteiger partial charge in [0.2, 0.25) is 0 Å². The first-order valence-electron chi connectivity index (χ1n) is 6.02. The van der Waals surface area contributed by atoms with Gasteiger partial charge in [-0.3, -0.25) is 9.78 Å². The molecule has 0 unspecified atom stereocenters. The van der Waals surface area contributed by atoms with Crippen molar-refractivity contribution in [1.29, 1.82) is 0 Å². The number of hydrogen-bond acceptors (Lipinski definition) is 3. The van der Waals surface area contributed by atoms with Crippen LogP contribution in [-0.4, -0.2) is 18.0 Å². The van der Waals surface area contributed by atoms with E-state index in [-0.39, 0.29) is 5.91 Å². The maximum atomic E-state index is 11.9. The standard InChI is InChI=1S/C15H16N2O2/c1-11-8-12(5-6-14(11)19-2)9-17-15(18)13-4-3-7-16-10-13/h3-8,10H,9H2,1-2H3,(H,17,18). The maximum Gasteiger partial charge on any atom is 0.253 e. The molecule has 19 heavy (non-hydrogen) atoms. The van der Waals surface area contributed by atoms with Crippen molar-refractivity contribution in [2.24, 2.45) is 0 Å². The predicted octanol–water partition coefficient (Wildman–Crippen LogP) is 2.33. The van der Waals surface area contributed by atoms with Crippen molar-refractivity contribution in [2.45, 2.75) is 13.5 Å². The van der Waals surface area contributed by atoms with Gasteiger partial charge in [-0.2, -0.15) is 0 Å². The Hall–Kier alpha value is -2.36. The molecular formula is C15H16N2O2. The molecule has 0 radical (unpaired) electrons. The van der Waals surface area contributed by atoms with Crippen molar-refractivity contribution in [1.82, 2.24) is 10.3 Å². The smallest absolute Gasteiger partial charge is 0.253 e. The van der Waals surface area contributed by atoms with Crippen molar-refractivity contribution < 1.29 is 9.53 Å². The fourth-order valence-corrected chi connectivity index (χ4v) is 1.83. The molecule has 0 spiro atoms. The number of carbonyl (C=O) groups is 1. The summed E-state index contributed by atoms with van der Waals surface area (Å²) >= 11 is 0. The van der Waals surface area contributed by atoms with Crippen LogP contribution in [0.5, 0.6) is 5.75 Å². The van der Waals surface area contributed by atoms with E-state index in [4.69, 9.17) is 4.74 Å². The molecule has 1 N–H and O–H groups in total. The van der Waals surface area contributed by atoms with Gasteiger partial charge in [-0.05, 0) is 36.2 Å². The Balaban J connectivity index is 1.99. The molecule has 0 bridgehead atoms. The molecule has 1 aromatic carbocycles. The lowest BCUT2D eigenvalue weighted by atomic mass is 10.1. The fourth-order valence-electron chi connectivity index (χ4n) is 1.83. The number of pyridine rings is 1. The molecule has 1 heterocycles. The Morgan fingerprint density at radius 1 is 1.37 bits per heavy atom. The monoisotopic (exact) mass is 256 g/mol. The molecular weight excluding hydrogens is 240 g/mol. The maximum absolute atomic E-state index is 11.9. The van der Waals surface area contributed by atoms with Crippen LogP contribution in [0.1, 0.15) is 21.5 Å². The number of aryl methyl sites for hydroxylation is 1. The highest BCUT2D eigenvalue weighted by Gasteiger charge is 2.05. The first-order chi connectivity index (χ1) is 9.20. The van der Waals surface area contributed by atoms with Crippen molar-refractivity contribution in [2.75, 3.05) is 7.11 Å². The second-order valence-corrected chi connectivity index (χ2v) is 4.23. The summed E-state index contributed by atoms with van der Waals surface area (Å²) in [5, 5.41) is 2.86. The zero-order valence-corrected chi connectivity index (χ0v) is 11.0. The average Bonchev–Trinajstić information content (AvgIpc) is 2.46. The van der Waals surface area contributed by atoms with Gasteiger partial charge in [-0.15, -0.1) is 0 Å². The second kappa shape index (κ2) is 6.00. The second-order valence-electron chi connectivity index (χ2n) is 4.23. The first-order valence-corrected chi connectivity index (χ1v) is 6.02. The molecule has 1 amide bonds. The third-order valence-electron chi connectivity index (χ3n) is 2.84. The van der Waals surface area contributed by atoms with Gasteiger partial charge in [0, 0.05) is 18.9 Å². The van der Waals surface area contributed by atoms with E-state index in [9.17, 15) is 4.79 Å². The first kappa shape index (κ1) is 13.1. The zero-order chi connectivity index (χ0) is 13.7. The number of amides is 1. The molecule has 4 nitrogen and oxygen atoms in total. The Labute approximate surface area is 112 Å². The molecule has 0 saturated carbocycles. The van der Waals surface area contributed by atoms with Crippen molar-refractivity contribution in [3.8, 4) is 5.75 Å². The lowest BCUT2D eigenvalue weighted by Crippen LogP contribution is -2.22. The number of aromatic nitrogens is 1. The molecule has 98 valence electrons.